The van der Waals surface area contributed by atoms with Crippen LogP contribution in [-0.2, 0) is 17.8 Å². The largest absolute Gasteiger partial charge is 0.338 e. The van der Waals surface area contributed by atoms with Gasteiger partial charge in [-0.2, -0.15) is 0 Å². The Morgan fingerprint density at radius 2 is 1.56 bits per heavy atom. The highest BCUT2D eigenvalue weighted by molar-refractivity contribution is 5.76. The van der Waals surface area contributed by atoms with Crippen molar-refractivity contribution in [2.45, 2.75) is 45.7 Å². The van der Waals surface area contributed by atoms with Crippen molar-refractivity contribution in [3.63, 3.8) is 0 Å². The minimum absolute atomic E-state index is 0.241. The van der Waals surface area contributed by atoms with Crippen LogP contribution in [0.1, 0.15) is 37.8 Å². The number of nitrogens with one attached hydrogen (secondary N) is 1. The van der Waals surface area contributed by atoms with Crippen LogP contribution in [-0.4, -0.2) is 29.9 Å². The topological polar surface area (TPSA) is 32.3 Å². The minimum atomic E-state index is 0.241. The third kappa shape index (κ3) is 7.53. The number of carbonyl (C=O) groups excluding carboxylic acids is 1. The number of rotatable bonds is 10. The maximum Gasteiger partial charge on any atom is 0.222 e. The van der Waals surface area contributed by atoms with E-state index < -0.39 is 0 Å². The van der Waals surface area contributed by atoms with E-state index in [2.05, 4.69) is 55.6 Å². The molecule has 0 bridgehead atoms. The Hall–Kier alpha value is -2.13. The third-order valence-electron chi connectivity index (χ3n) is 4.20. The van der Waals surface area contributed by atoms with E-state index in [0.717, 1.165) is 25.9 Å². The van der Waals surface area contributed by atoms with Crippen molar-refractivity contribution < 1.29 is 4.79 Å². The Balaban J connectivity index is 1.92. The zero-order valence-corrected chi connectivity index (χ0v) is 15.4. The highest BCUT2D eigenvalue weighted by Crippen LogP contribution is 2.09. The zero-order valence-electron chi connectivity index (χ0n) is 15.4. The van der Waals surface area contributed by atoms with E-state index in [0.29, 0.717) is 19.0 Å². The van der Waals surface area contributed by atoms with E-state index in [9.17, 15) is 4.79 Å². The van der Waals surface area contributed by atoms with Crippen LogP contribution < -0.4 is 5.32 Å². The second kappa shape index (κ2) is 10.7. The van der Waals surface area contributed by atoms with Crippen LogP contribution in [0.3, 0.4) is 0 Å². The number of carbonyl (C=O) groups is 1. The molecule has 0 unspecified atom stereocenters. The van der Waals surface area contributed by atoms with Gasteiger partial charge in [0.15, 0.2) is 0 Å². The molecule has 0 aromatic heterocycles. The molecule has 3 heteroatoms. The van der Waals surface area contributed by atoms with Crippen molar-refractivity contribution in [1.82, 2.24) is 10.2 Å². The van der Waals surface area contributed by atoms with Gasteiger partial charge in [0.1, 0.15) is 0 Å². The molecule has 2 aromatic carbocycles. The van der Waals surface area contributed by atoms with Crippen molar-refractivity contribution in [3.05, 3.63) is 71.8 Å². The Morgan fingerprint density at radius 3 is 2.16 bits per heavy atom. The van der Waals surface area contributed by atoms with Gasteiger partial charge in [0, 0.05) is 25.6 Å². The molecule has 0 spiro atoms. The van der Waals surface area contributed by atoms with Gasteiger partial charge in [0.05, 0.1) is 0 Å². The molecule has 2 aromatic rings. The summed E-state index contributed by atoms with van der Waals surface area (Å²) in [6, 6.07) is 21.1. The summed E-state index contributed by atoms with van der Waals surface area (Å²) in [4.78, 5) is 14.7. The van der Waals surface area contributed by atoms with Crippen molar-refractivity contribution in [2.75, 3.05) is 13.1 Å². The third-order valence-corrected chi connectivity index (χ3v) is 4.20. The first kappa shape index (κ1) is 19.2. The fourth-order valence-electron chi connectivity index (χ4n) is 2.79. The number of nitrogens with zero attached hydrogens (tertiary/aromatic N) is 1. The molecular formula is C22H30N2O. The van der Waals surface area contributed by atoms with E-state index >= 15 is 0 Å². The molecule has 3 nitrogen and oxygen atoms in total. The van der Waals surface area contributed by atoms with Crippen LogP contribution in [0, 0.1) is 0 Å². The summed E-state index contributed by atoms with van der Waals surface area (Å²) >= 11 is 0. The van der Waals surface area contributed by atoms with Gasteiger partial charge >= 0.3 is 0 Å². The average Bonchev–Trinajstić information content (AvgIpc) is 2.63. The molecule has 2 rings (SSSR count). The van der Waals surface area contributed by atoms with Crippen LogP contribution in [0.5, 0.6) is 0 Å². The van der Waals surface area contributed by atoms with Crippen LogP contribution >= 0.6 is 0 Å². The molecule has 1 N–H and O–H groups in total. The Labute approximate surface area is 152 Å². The van der Waals surface area contributed by atoms with E-state index in [4.69, 9.17) is 0 Å². The van der Waals surface area contributed by atoms with Crippen molar-refractivity contribution >= 4 is 5.91 Å². The standard InChI is InChI=1S/C22H30N2O/c1-19(2)23-16-9-14-22(25)24(18-21-12-7-4-8-13-21)17-15-20-10-5-3-6-11-20/h3-8,10-13,19,23H,9,14-18H2,1-2H3. The number of hydrogen-bond donors (Lipinski definition) is 1. The van der Waals surface area contributed by atoms with Gasteiger partial charge < -0.3 is 10.2 Å². The van der Waals surface area contributed by atoms with Gasteiger partial charge in [-0.1, -0.05) is 74.5 Å². The smallest absolute Gasteiger partial charge is 0.222 e. The lowest BCUT2D eigenvalue weighted by Gasteiger charge is -2.23. The zero-order chi connectivity index (χ0) is 17.9. The van der Waals surface area contributed by atoms with Gasteiger partial charge in [0.2, 0.25) is 5.91 Å². The first-order chi connectivity index (χ1) is 12.1. The summed E-state index contributed by atoms with van der Waals surface area (Å²) < 4.78 is 0. The molecule has 0 aliphatic heterocycles. The van der Waals surface area contributed by atoms with Gasteiger partial charge in [-0.15, -0.1) is 0 Å². The molecule has 0 atom stereocenters. The molecule has 134 valence electrons. The fourth-order valence-corrected chi connectivity index (χ4v) is 2.79. The Bertz CT molecular complexity index is 610. The van der Waals surface area contributed by atoms with Crippen LogP contribution in [0.25, 0.3) is 0 Å². The molecule has 0 saturated heterocycles. The predicted molar refractivity (Wildman–Crippen MR) is 104 cm³/mol. The summed E-state index contributed by atoms with van der Waals surface area (Å²) in [5.74, 6) is 0.241. The van der Waals surface area contributed by atoms with E-state index in [1.54, 1.807) is 0 Å². The molecule has 0 radical (unpaired) electrons. The number of amides is 1. The van der Waals surface area contributed by atoms with E-state index in [1.165, 1.54) is 11.1 Å². The highest BCUT2D eigenvalue weighted by atomic mass is 16.2. The maximum absolute atomic E-state index is 12.7. The van der Waals surface area contributed by atoms with Gasteiger partial charge in [0.25, 0.3) is 0 Å². The lowest BCUT2D eigenvalue weighted by Crippen LogP contribution is -2.33. The first-order valence-corrected chi connectivity index (χ1v) is 9.24. The van der Waals surface area contributed by atoms with Crippen molar-refractivity contribution in [3.8, 4) is 0 Å². The van der Waals surface area contributed by atoms with E-state index in [1.807, 2.05) is 29.2 Å². The summed E-state index contributed by atoms with van der Waals surface area (Å²) in [5, 5.41) is 3.38. The second-order valence-corrected chi connectivity index (χ2v) is 6.75. The summed E-state index contributed by atoms with van der Waals surface area (Å²) in [6.45, 7) is 6.59. The average molecular weight is 338 g/mol. The minimum Gasteiger partial charge on any atom is -0.338 e. The lowest BCUT2D eigenvalue weighted by molar-refractivity contribution is -0.131. The van der Waals surface area contributed by atoms with E-state index in [-0.39, 0.29) is 5.91 Å². The molecule has 1 amide bonds. The fraction of sp³-hybridized carbons (Fsp3) is 0.409. The normalized spacial score (nSPS) is 10.8. The monoisotopic (exact) mass is 338 g/mol. The predicted octanol–water partition coefficient (Wildman–Crippen LogP) is 4.04. The molecule has 0 fully saturated rings. The van der Waals surface area contributed by atoms with Crippen LogP contribution in [0.4, 0.5) is 0 Å². The highest BCUT2D eigenvalue weighted by Gasteiger charge is 2.14. The second-order valence-electron chi connectivity index (χ2n) is 6.75. The van der Waals surface area contributed by atoms with Crippen LogP contribution in [0.2, 0.25) is 0 Å². The summed E-state index contributed by atoms with van der Waals surface area (Å²) in [6.07, 6.45) is 2.37. The maximum atomic E-state index is 12.7. The van der Waals surface area contributed by atoms with Crippen molar-refractivity contribution in [1.29, 1.82) is 0 Å². The Morgan fingerprint density at radius 1 is 0.960 bits per heavy atom. The summed E-state index contributed by atoms with van der Waals surface area (Å²) in [7, 11) is 0. The molecule has 25 heavy (non-hydrogen) atoms. The van der Waals surface area contributed by atoms with Crippen LogP contribution in [0.15, 0.2) is 60.7 Å². The molecule has 0 aliphatic rings. The van der Waals surface area contributed by atoms with Crippen molar-refractivity contribution in [2.24, 2.45) is 0 Å². The molecule has 0 aliphatic carbocycles. The number of hydrogen-bond acceptors (Lipinski definition) is 2. The molecular weight excluding hydrogens is 308 g/mol. The van der Waals surface area contributed by atoms with Gasteiger partial charge in [-0.25, -0.2) is 0 Å². The molecule has 0 saturated carbocycles. The van der Waals surface area contributed by atoms with Gasteiger partial charge in [-0.05, 0) is 30.5 Å². The lowest BCUT2D eigenvalue weighted by atomic mass is 10.1. The van der Waals surface area contributed by atoms with Gasteiger partial charge in [-0.3, -0.25) is 4.79 Å². The molecule has 0 heterocycles. The quantitative estimate of drug-likeness (QED) is 0.663. The number of benzene rings is 2. The Kier molecular flexibility index (Phi) is 8.20. The SMILES string of the molecule is CC(C)NCCCC(=O)N(CCc1ccccc1)Cc1ccccc1. The first-order valence-electron chi connectivity index (χ1n) is 9.24. The summed E-state index contributed by atoms with van der Waals surface area (Å²) in [5.41, 5.74) is 2.46.